The fourth-order valence-electron chi connectivity index (χ4n) is 3.49. The second-order valence-corrected chi connectivity index (χ2v) is 9.24. The van der Waals surface area contributed by atoms with E-state index in [-0.39, 0.29) is 10.8 Å². The molecule has 0 saturated carbocycles. The number of hydrogen-bond donors (Lipinski definition) is 0. The van der Waals surface area contributed by atoms with E-state index in [4.69, 9.17) is 4.52 Å². The molecule has 170 valence electrons. The molecule has 1 aliphatic rings. The molecular weight excluding hydrogens is 425 g/mol. The number of piperazine rings is 1. The van der Waals surface area contributed by atoms with Crippen LogP contribution in [0.25, 0.3) is 0 Å². The molecule has 2 aromatic rings. The van der Waals surface area contributed by atoms with Crippen LogP contribution in [0.3, 0.4) is 0 Å². The maximum Gasteiger partial charge on any atom is 0.243 e. The van der Waals surface area contributed by atoms with Gasteiger partial charge in [0.05, 0.1) is 11.4 Å². The van der Waals surface area contributed by atoms with Crippen LogP contribution in [0.4, 0.5) is 4.39 Å². The quantitative estimate of drug-likeness (QED) is 0.567. The lowest BCUT2D eigenvalue weighted by molar-refractivity contribution is -0.130. The third kappa shape index (κ3) is 5.86. The van der Waals surface area contributed by atoms with E-state index in [0.717, 1.165) is 12.1 Å². The van der Waals surface area contributed by atoms with Crippen LogP contribution in [0.2, 0.25) is 0 Å². The van der Waals surface area contributed by atoms with E-state index in [1.165, 1.54) is 16.4 Å². The van der Waals surface area contributed by atoms with Crippen LogP contribution in [-0.2, 0) is 27.8 Å². The molecule has 0 atom stereocenters. The van der Waals surface area contributed by atoms with Crippen molar-refractivity contribution in [2.75, 3.05) is 39.3 Å². The number of hydrogen-bond acceptors (Lipinski definition) is 7. The van der Waals surface area contributed by atoms with Crippen molar-refractivity contribution in [3.8, 4) is 0 Å². The molecule has 0 N–H and O–H groups in total. The highest BCUT2D eigenvalue weighted by atomic mass is 32.2. The van der Waals surface area contributed by atoms with Gasteiger partial charge in [-0.25, -0.2) is 12.8 Å². The second kappa shape index (κ2) is 10.3. The van der Waals surface area contributed by atoms with Crippen molar-refractivity contribution in [2.45, 2.75) is 38.1 Å². The number of carbonyl (C=O) groups is 1. The smallest absolute Gasteiger partial charge is 0.243 e. The molecule has 9 nitrogen and oxygen atoms in total. The zero-order valence-electron chi connectivity index (χ0n) is 17.8. The Balaban J connectivity index is 1.49. The van der Waals surface area contributed by atoms with Gasteiger partial charge in [0.1, 0.15) is 5.82 Å². The minimum Gasteiger partial charge on any atom is -0.343 e. The first-order chi connectivity index (χ1) is 14.8. The van der Waals surface area contributed by atoms with Crippen molar-refractivity contribution in [1.82, 2.24) is 24.2 Å². The van der Waals surface area contributed by atoms with Gasteiger partial charge in [-0.3, -0.25) is 9.69 Å². The lowest BCUT2D eigenvalue weighted by Crippen LogP contribution is -2.48. The van der Waals surface area contributed by atoms with Crippen LogP contribution in [-0.4, -0.2) is 77.8 Å². The molecule has 0 spiro atoms. The summed E-state index contributed by atoms with van der Waals surface area (Å²) in [5, 5.41) is 3.98. The summed E-state index contributed by atoms with van der Waals surface area (Å²) in [5.74, 6) is 0.525. The van der Waals surface area contributed by atoms with Gasteiger partial charge in [0.15, 0.2) is 5.82 Å². The number of amides is 1. The topological polar surface area (TPSA) is 99.9 Å². The molecule has 3 rings (SSSR count). The molecule has 1 aromatic carbocycles. The average Bonchev–Trinajstić information content (AvgIpc) is 3.21. The van der Waals surface area contributed by atoms with Crippen molar-refractivity contribution in [3.63, 3.8) is 0 Å². The Kier molecular flexibility index (Phi) is 7.74. The summed E-state index contributed by atoms with van der Waals surface area (Å²) in [6.45, 7) is 7.35. The van der Waals surface area contributed by atoms with E-state index in [2.05, 4.69) is 10.1 Å². The number of carbonyl (C=O) groups excluding carboxylic acids is 1. The lowest BCUT2D eigenvalue weighted by Gasteiger charge is -2.33. The molecule has 11 heteroatoms. The van der Waals surface area contributed by atoms with Crippen LogP contribution in [0.5, 0.6) is 0 Å². The molecule has 1 aromatic heterocycles. The minimum absolute atomic E-state index is 0.0586. The number of halogens is 1. The van der Waals surface area contributed by atoms with Gasteiger partial charge >= 0.3 is 0 Å². The predicted molar refractivity (Wildman–Crippen MR) is 111 cm³/mol. The first kappa shape index (κ1) is 23.3. The van der Waals surface area contributed by atoms with E-state index in [1.807, 2.05) is 18.7 Å². The molecule has 2 heterocycles. The zero-order valence-corrected chi connectivity index (χ0v) is 18.6. The molecule has 0 unspecified atom stereocenters. The Labute approximate surface area is 181 Å². The fraction of sp³-hybridized carbons (Fsp3) is 0.550. The molecule has 31 heavy (non-hydrogen) atoms. The van der Waals surface area contributed by atoms with Gasteiger partial charge < -0.3 is 9.42 Å². The summed E-state index contributed by atoms with van der Waals surface area (Å²) >= 11 is 0. The molecule has 1 saturated heterocycles. The number of sulfonamides is 1. The number of benzene rings is 1. The highest BCUT2D eigenvalue weighted by Crippen LogP contribution is 2.18. The maximum absolute atomic E-state index is 13.1. The van der Waals surface area contributed by atoms with E-state index < -0.39 is 15.8 Å². The van der Waals surface area contributed by atoms with Crippen LogP contribution in [0.1, 0.15) is 32.0 Å². The molecule has 1 amide bonds. The SMILES string of the molecule is CCN(CC)C(=O)CCc1nc(CN2CCN(S(=O)(=O)c3ccc(F)cc3)CC2)no1. The Morgan fingerprint density at radius 3 is 2.39 bits per heavy atom. The fourth-order valence-corrected chi connectivity index (χ4v) is 4.91. The van der Waals surface area contributed by atoms with Crippen molar-refractivity contribution >= 4 is 15.9 Å². The number of aryl methyl sites for hydroxylation is 1. The third-order valence-electron chi connectivity index (χ3n) is 5.33. The van der Waals surface area contributed by atoms with Crippen molar-refractivity contribution in [2.24, 2.45) is 0 Å². The Bertz CT molecular complexity index is 968. The van der Waals surface area contributed by atoms with Gasteiger partial charge in [0, 0.05) is 52.1 Å². The summed E-state index contributed by atoms with van der Waals surface area (Å²) in [5.41, 5.74) is 0. The molecule has 1 fully saturated rings. The van der Waals surface area contributed by atoms with Crippen molar-refractivity contribution in [1.29, 1.82) is 0 Å². The van der Waals surface area contributed by atoms with Gasteiger partial charge in [-0.2, -0.15) is 9.29 Å². The summed E-state index contributed by atoms with van der Waals surface area (Å²) in [4.78, 5) is 20.3. The molecule has 0 bridgehead atoms. The van der Waals surface area contributed by atoms with Crippen LogP contribution < -0.4 is 0 Å². The van der Waals surface area contributed by atoms with Crippen LogP contribution >= 0.6 is 0 Å². The molecule has 1 aliphatic heterocycles. The van der Waals surface area contributed by atoms with Gasteiger partial charge in [-0.15, -0.1) is 0 Å². The van der Waals surface area contributed by atoms with Crippen LogP contribution in [0, 0.1) is 5.82 Å². The van der Waals surface area contributed by atoms with E-state index in [1.54, 1.807) is 4.90 Å². The summed E-state index contributed by atoms with van der Waals surface area (Å²) < 4.78 is 45.1. The number of nitrogens with zero attached hydrogens (tertiary/aromatic N) is 5. The van der Waals surface area contributed by atoms with Gasteiger partial charge in [-0.05, 0) is 38.1 Å². The summed E-state index contributed by atoms with van der Waals surface area (Å²) in [6, 6.07) is 4.85. The Hall–Kier alpha value is -2.37. The molecule has 0 radical (unpaired) electrons. The van der Waals surface area contributed by atoms with Crippen molar-refractivity contribution in [3.05, 3.63) is 41.8 Å². The van der Waals surface area contributed by atoms with Gasteiger partial charge in [0.25, 0.3) is 0 Å². The van der Waals surface area contributed by atoms with E-state index in [0.29, 0.717) is 70.4 Å². The number of aromatic nitrogens is 2. The standard InChI is InChI=1S/C20H28FN5O4S/c1-3-25(4-2)20(27)10-9-19-22-18(23-30-19)15-24-11-13-26(14-12-24)31(28,29)17-7-5-16(21)6-8-17/h5-8H,3-4,9-15H2,1-2H3. The highest BCUT2D eigenvalue weighted by molar-refractivity contribution is 7.89. The molecular formula is C20H28FN5O4S. The monoisotopic (exact) mass is 453 g/mol. The van der Waals surface area contributed by atoms with Crippen molar-refractivity contribution < 1.29 is 22.1 Å². The highest BCUT2D eigenvalue weighted by Gasteiger charge is 2.29. The lowest BCUT2D eigenvalue weighted by atomic mass is 10.2. The largest absolute Gasteiger partial charge is 0.343 e. The Morgan fingerprint density at radius 1 is 1.13 bits per heavy atom. The summed E-state index contributed by atoms with van der Waals surface area (Å²) in [7, 11) is -3.64. The first-order valence-electron chi connectivity index (χ1n) is 10.4. The minimum atomic E-state index is -3.64. The van der Waals surface area contributed by atoms with Gasteiger partial charge in [-0.1, -0.05) is 5.16 Å². The zero-order chi connectivity index (χ0) is 22.4. The van der Waals surface area contributed by atoms with Gasteiger partial charge in [0.2, 0.25) is 21.8 Å². The maximum atomic E-state index is 13.1. The Morgan fingerprint density at radius 2 is 1.77 bits per heavy atom. The predicted octanol–water partition coefficient (Wildman–Crippen LogP) is 1.52. The summed E-state index contributed by atoms with van der Waals surface area (Å²) in [6.07, 6.45) is 0.718. The third-order valence-corrected chi connectivity index (χ3v) is 7.24. The van der Waals surface area contributed by atoms with E-state index >= 15 is 0 Å². The average molecular weight is 454 g/mol. The normalized spacial score (nSPS) is 15.8. The first-order valence-corrected chi connectivity index (χ1v) is 11.8. The molecule has 0 aliphatic carbocycles. The number of rotatable bonds is 9. The second-order valence-electron chi connectivity index (χ2n) is 7.30. The van der Waals surface area contributed by atoms with E-state index in [9.17, 15) is 17.6 Å². The van der Waals surface area contributed by atoms with Crippen LogP contribution in [0.15, 0.2) is 33.7 Å².